The zero-order valence-corrected chi connectivity index (χ0v) is 21.1. The van der Waals surface area contributed by atoms with E-state index in [1.165, 1.54) is 5.56 Å². The molecule has 1 saturated heterocycles. The number of carbonyl (C=O) groups is 3. The van der Waals surface area contributed by atoms with Crippen LogP contribution >= 0.6 is 0 Å². The van der Waals surface area contributed by atoms with E-state index in [9.17, 15) is 14.4 Å². The summed E-state index contributed by atoms with van der Waals surface area (Å²) in [6, 6.07) is 12.3. The summed E-state index contributed by atoms with van der Waals surface area (Å²) < 4.78 is 8.00. The van der Waals surface area contributed by atoms with Crippen molar-refractivity contribution in [2.75, 3.05) is 6.54 Å². The summed E-state index contributed by atoms with van der Waals surface area (Å²) in [7, 11) is 0. The Kier molecular flexibility index (Phi) is 6.03. The molecule has 4 heterocycles. The molecule has 194 valence electrons. The Hall–Kier alpha value is -4.31. The summed E-state index contributed by atoms with van der Waals surface area (Å²) in [4.78, 5) is 46.7. The number of aromatic nitrogens is 3. The third-order valence-corrected chi connectivity index (χ3v) is 7.21. The van der Waals surface area contributed by atoms with Crippen LogP contribution < -0.4 is 10.1 Å². The van der Waals surface area contributed by atoms with Crippen molar-refractivity contribution in [3.8, 4) is 5.75 Å². The number of amides is 3. The maximum absolute atomic E-state index is 13.3. The van der Waals surface area contributed by atoms with Crippen LogP contribution in [0, 0.1) is 6.92 Å². The standard InChI is InChI=1S/C28H28N6O4/c1-17-6-11-22(26(35)29-17)34-27(36)21-4-3-5-23(25(21)28(34)37)38-16-20-9-7-19(8-10-20)14-32-12-13-33-24(15-32)30-18(2)31-33/h3-5,7-10,22H,1,6,11-16H2,2H3,(H,29,35). The molecule has 1 fully saturated rings. The summed E-state index contributed by atoms with van der Waals surface area (Å²) in [6.07, 6.45) is 0.873. The number of nitrogens with zero attached hydrogens (tertiary/aromatic N) is 5. The van der Waals surface area contributed by atoms with Gasteiger partial charge in [-0.05, 0) is 43.0 Å². The molecule has 3 aromatic rings. The normalized spacial score (nSPS) is 19.4. The molecule has 0 radical (unpaired) electrons. The van der Waals surface area contributed by atoms with Crippen molar-refractivity contribution >= 4 is 17.7 Å². The molecule has 0 saturated carbocycles. The van der Waals surface area contributed by atoms with Gasteiger partial charge in [0.05, 0.1) is 24.2 Å². The molecule has 0 spiro atoms. The van der Waals surface area contributed by atoms with E-state index in [0.29, 0.717) is 24.3 Å². The van der Waals surface area contributed by atoms with Crippen LogP contribution in [-0.2, 0) is 31.0 Å². The second kappa shape index (κ2) is 9.53. The second-order valence-electron chi connectivity index (χ2n) is 9.92. The van der Waals surface area contributed by atoms with Gasteiger partial charge in [-0.2, -0.15) is 5.10 Å². The van der Waals surface area contributed by atoms with E-state index in [-0.39, 0.29) is 23.6 Å². The van der Waals surface area contributed by atoms with Gasteiger partial charge in [0.25, 0.3) is 11.8 Å². The molecule has 1 N–H and O–H groups in total. The van der Waals surface area contributed by atoms with E-state index in [0.717, 1.165) is 48.3 Å². The van der Waals surface area contributed by atoms with E-state index in [2.05, 4.69) is 39.0 Å². The first-order valence-electron chi connectivity index (χ1n) is 12.7. The molecule has 38 heavy (non-hydrogen) atoms. The molecule has 10 nitrogen and oxygen atoms in total. The molecular weight excluding hydrogens is 484 g/mol. The van der Waals surface area contributed by atoms with Crippen LogP contribution in [0.2, 0.25) is 0 Å². The minimum atomic E-state index is -0.853. The quantitative estimate of drug-likeness (QED) is 0.506. The van der Waals surface area contributed by atoms with Gasteiger partial charge in [0.2, 0.25) is 5.91 Å². The first kappa shape index (κ1) is 24.1. The van der Waals surface area contributed by atoms with Crippen LogP contribution in [0.25, 0.3) is 0 Å². The number of carbonyl (C=O) groups excluding carboxylic acids is 3. The van der Waals surface area contributed by atoms with Crippen molar-refractivity contribution < 1.29 is 19.1 Å². The monoisotopic (exact) mass is 512 g/mol. The zero-order chi connectivity index (χ0) is 26.4. The molecule has 1 unspecified atom stereocenters. The molecule has 0 aliphatic carbocycles. The predicted molar refractivity (Wildman–Crippen MR) is 137 cm³/mol. The number of aryl methyl sites for hydroxylation is 1. The smallest absolute Gasteiger partial charge is 0.266 e. The molecule has 1 atom stereocenters. The maximum Gasteiger partial charge on any atom is 0.266 e. The van der Waals surface area contributed by atoms with E-state index in [4.69, 9.17) is 4.74 Å². The largest absolute Gasteiger partial charge is 0.488 e. The summed E-state index contributed by atoms with van der Waals surface area (Å²) >= 11 is 0. The van der Waals surface area contributed by atoms with Gasteiger partial charge in [-0.3, -0.25) is 24.2 Å². The molecule has 3 aliphatic rings. The highest BCUT2D eigenvalue weighted by Crippen LogP contribution is 2.34. The number of hydrogen-bond acceptors (Lipinski definition) is 7. The Morgan fingerprint density at radius 1 is 1.05 bits per heavy atom. The Morgan fingerprint density at radius 3 is 2.63 bits per heavy atom. The average Bonchev–Trinajstić information content (AvgIpc) is 3.39. The predicted octanol–water partition coefficient (Wildman–Crippen LogP) is 2.57. The number of benzene rings is 2. The Bertz CT molecular complexity index is 1460. The van der Waals surface area contributed by atoms with Crippen LogP contribution in [0.15, 0.2) is 54.7 Å². The number of rotatable bonds is 6. The summed E-state index contributed by atoms with van der Waals surface area (Å²) in [6.45, 7) is 9.26. The third-order valence-electron chi connectivity index (χ3n) is 7.21. The zero-order valence-electron chi connectivity index (χ0n) is 21.1. The molecule has 2 aromatic carbocycles. The van der Waals surface area contributed by atoms with Crippen molar-refractivity contribution in [3.05, 3.63) is 88.6 Å². The van der Waals surface area contributed by atoms with Crippen LogP contribution in [0.5, 0.6) is 5.75 Å². The minimum absolute atomic E-state index is 0.208. The molecular formula is C28H28N6O4. The lowest BCUT2D eigenvalue weighted by atomic mass is 10.0. The number of imide groups is 1. The first-order valence-corrected chi connectivity index (χ1v) is 12.7. The summed E-state index contributed by atoms with van der Waals surface area (Å²) in [5.74, 6) is 0.769. The number of allylic oxidation sites excluding steroid dienone is 1. The van der Waals surface area contributed by atoms with Crippen molar-refractivity contribution in [1.29, 1.82) is 0 Å². The van der Waals surface area contributed by atoms with Gasteiger partial charge in [0.15, 0.2) is 0 Å². The fourth-order valence-corrected chi connectivity index (χ4v) is 5.29. The number of ether oxygens (including phenoxy) is 1. The van der Waals surface area contributed by atoms with Crippen molar-refractivity contribution in [1.82, 2.24) is 29.9 Å². The van der Waals surface area contributed by atoms with E-state index < -0.39 is 17.9 Å². The number of piperidine rings is 1. The lowest BCUT2D eigenvalue weighted by Crippen LogP contribution is -2.51. The molecule has 3 amide bonds. The number of nitrogens with one attached hydrogen (secondary N) is 1. The van der Waals surface area contributed by atoms with Gasteiger partial charge >= 0.3 is 0 Å². The Balaban J connectivity index is 1.11. The van der Waals surface area contributed by atoms with E-state index in [1.54, 1.807) is 18.2 Å². The van der Waals surface area contributed by atoms with Crippen LogP contribution in [0.1, 0.15) is 56.3 Å². The molecule has 10 heteroatoms. The molecule has 3 aliphatic heterocycles. The van der Waals surface area contributed by atoms with Crippen molar-refractivity contribution in [3.63, 3.8) is 0 Å². The number of hydrogen-bond donors (Lipinski definition) is 1. The topological polar surface area (TPSA) is 110 Å². The van der Waals surface area contributed by atoms with Gasteiger partial charge in [-0.1, -0.05) is 36.9 Å². The van der Waals surface area contributed by atoms with Gasteiger partial charge in [-0.15, -0.1) is 0 Å². The van der Waals surface area contributed by atoms with E-state index >= 15 is 0 Å². The van der Waals surface area contributed by atoms with Crippen molar-refractivity contribution in [2.24, 2.45) is 0 Å². The summed E-state index contributed by atoms with van der Waals surface area (Å²) in [5.41, 5.74) is 3.18. The average molecular weight is 513 g/mol. The SMILES string of the molecule is C=C1CCC(N2C(=O)c3cccc(OCc4ccc(CN5CCn6nc(C)nc6C5)cc4)c3C2=O)C(=O)N1. The Morgan fingerprint density at radius 2 is 1.84 bits per heavy atom. The molecule has 0 bridgehead atoms. The highest BCUT2D eigenvalue weighted by molar-refractivity contribution is 6.24. The summed E-state index contributed by atoms with van der Waals surface area (Å²) in [5, 5.41) is 7.07. The maximum atomic E-state index is 13.3. The van der Waals surface area contributed by atoms with Gasteiger partial charge < -0.3 is 10.1 Å². The minimum Gasteiger partial charge on any atom is -0.488 e. The Labute approximate surface area is 219 Å². The lowest BCUT2D eigenvalue weighted by Gasteiger charge is -2.29. The van der Waals surface area contributed by atoms with E-state index in [1.807, 2.05) is 23.7 Å². The van der Waals surface area contributed by atoms with Crippen LogP contribution in [0.3, 0.4) is 0 Å². The second-order valence-corrected chi connectivity index (χ2v) is 9.92. The molecule has 6 rings (SSSR count). The fraction of sp³-hybridized carbons (Fsp3) is 0.321. The highest BCUT2D eigenvalue weighted by atomic mass is 16.5. The van der Waals surface area contributed by atoms with Crippen LogP contribution in [0.4, 0.5) is 0 Å². The number of fused-ring (bicyclic) bond motifs is 2. The molecule has 1 aromatic heterocycles. The van der Waals surface area contributed by atoms with Gasteiger partial charge in [0.1, 0.15) is 30.0 Å². The first-order chi connectivity index (χ1) is 18.4. The van der Waals surface area contributed by atoms with Gasteiger partial charge in [0, 0.05) is 18.8 Å². The third kappa shape index (κ3) is 4.37. The van der Waals surface area contributed by atoms with Crippen LogP contribution in [-0.4, -0.2) is 54.9 Å². The lowest BCUT2D eigenvalue weighted by molar-refractivity contribution is -0.125. The highest BCUT2D eigenvalue weighted by Gasteiger charge is 2.45. The van der Waals surface area contributed by atoms with Gasteiger partial charge in [-0.25, -0.2) is 9.67 Å². The fourth-order valence-electron chi connectivity index (χ4n) is 5.29. The van der Waals surface area contributed by atoms with Crippen molar-refractivity contribution in [2.45, 2.75) is 52.0 Å².